The van der Waals surface area contributed by atoms with Gasteiger partial charge in [-0.05, 0) is 43.0 Å². The summed E-state index contributed by atoms with van der Waals surface area (Å²) in [7, 11) is -4.19. The molecule has 2 N–H and O–H groups in total. The third kappa shape index (κ3) is 4.54. The van der Waals surface area contributed by atoms with Crippen molar-refractivity contribution in [2.45, 2.75) is 43.5 Å². The van der Waals surface area contributed by atoms with Gasteiger partial charge in [0.2, 0.25) is 15.9 Å². The number of aromatic amines is 1. The van der Waals surface area contributed by atoms with E-state index in [0.717, 1.165) is 35.8 Å². The van der Waals surface area contributed by atoms with Crippen molar-refractivity contribution in [3.8, 4) is 0 Å². The Hall–Kier alpha value is -2.78. The maximum atomic E-state index is 14.1. The fourth-order valence-corrected chi connectivity index (χ4v) is 5.54. The molecule has 0 bridgehead atoms. The molecule has 0 spiro atoms. The molecular weight excluding hydrogens is 431 g/mol. The van der Waals surface area contributed by atoms with E-state index in [4.69, 9.17) is 0 Å². The number of likely N-dealkylation sites (tertiary alicyclic amines) is 1. The number of carbonyl (C=O) groups excluding carboxylic acids is 1. The van der Waals surface area contributed by atoms with Gasteiger partial charge in [-0.25, -0.2) is 17.8 Å². The number of nitrogens with one attached hydrogen (secondary N) is 2. The number of amides is 1. The molecule has 0 radical (unpaired) electrons. The number of halogens is 1. The number of nitrogens with zero attached hydrogens (tertiary/aromatic N) is 2. The summed E-state index contributed by atoms with van der Waals surface area (Å²) >= 11 is 0. The van der Waals surface area contributed by atoms with E-state index in [0.29, 0.717) is 13.1 Å². The molecule has 0 aliphatic carbocycles. The highest BCUT2D eigenvalue weighted by atomic mass is 32.2. The van der Waals surface area contributed by atoms with Crippen LogP contribution in [0.4, 0.5) is 4.39 Å². The zero-order valence-electron chi connectivity index (χ0n) is 18.1. The molecule has 7 nitrogen and oxygen atoms in total. The fourth-order valence-electron chi connectivity index (χ4n) is 4.13. The van der Waals surface area contributed by atoms with E-state index in [-0.39, 0.29) is 17.7 Å². The van der Waals surface area contributed by atoms with E-state index < -0.39 is 26.8 Å². The lowest BCUT2D eigenvalue weighted by atomic mass is 9.95. The Labute approximate surface area is 187 Å². The van der Waals surface area contributed by atoms with E-state index >= 15 is 0 Å². The number of imidazole rings is 1. The summed E-state index contributed by atoms with van der Waals surface area (Å²) in [5, 5.41) is 0. The Morgan fingerprint density at radius 2 is 1.91 bits per heavy atom. The normalized spacial score (nSPS) is 18.2. The lowest BCUT2D eigenvalue weighted by molar-refractivity contribution is -0.135. The maximum absolute atomic E-state index is 14.1. The van der Waals surface area contributed by atoms with E-state index in [9.17, 15) is 17.6 Å². The highest BCUT2D eigenvalue weighted by molar-refractivity contribution is 7.89. The van der Waals surface area contributed by atoms with E-state index in [1.165, 1.54) is 18.2 Å². The van der Waals surface area contributed by atoms with E-state index in [2.05, 4.69) is 14.7 Å². The molecule has 1 aromatic heterocycles. The summed E-state index contributed by atoms with van der Waals surface area (Å²) in [6.45, 7) is 4.53. The highest BCUT2D eigenvalue weighted by Crippen LogP contribution is 2.28. The number of fused-ring (bicyclic) bond motifs is 1. The van der Waals surface area contributed by atoms with Gasteiger partial charge in [0.25, 0.3) is 0 Å². The minimum atomic E-state index is -4.19. The van der Waals surface area contributed by atoms with Crippen LogP contribution in [-0.4, -0.2) is 48.3 Å². The SMILES string of the molecule is CC(C)[C@H](NS(=O)(=O)c1ccccc1F)C(=O)N1CCCC(c2nc3ccccc3[nH]2)C1. The van der Waals surface area contributed by atoms with Crippen molar-refractivity contribution < 1.29 is 17.6 Å². The number of aromatic nitrogens is 2. The Kier molecular flexibility index (Phi) is 6.30. The predicted molar refractivity (Wildman–Crippen MR) is 120 cm³/mol. The summed E-state index contributed by atoms with van der Waals surface area (Å²) in [5.41, 5.74) is 1.83. The van der Waals surface area contributed by atoms with Crippen molar-refractivity contribution in [2.24, 2.45) is 5.92 Å². The van der Waals surface area contributed by atoms with Gasteiger partial charge in [0.15, 0.2) is 0 Å². The van der Waals surface area contributed by atoms with Gasteiger partial charge in [0, 0.05) is 19.0 Å². The second-order valence-electron chi connectivity index (χ2n) is 8.54. The number of sulfonamides is 1. The predicted octanol–water partition coefficient (Wildman–Crippen LogP) is 3.41. The molecule has 170 valence electrons. The first-order valence-electron chi connectivity index (χ1n) is 10.8. The molecule has 1 aliphatic heterocycles. The molecule has 2 atom stereocenters. The highest BCUT2D eigenvalue weighted by Gasteiger charge is 2.35. The molecule has 2 aromatic carbocycles. The van der Waals surface area contributed by atoms with Crippen LogP contribution in [0.25, 0.3) is 11.0 Å². The quantitative estimate of drug-likeness (QED) is 0.592. The molecule has 1 saturated heterocycles. The van der Waals surface area contributed by atoms with Gasteiger partial charge in [0.1, 0.15) is 22.6 Å². The molecular formula is C23H27FN4O3S. The van der Waals surface area contributed by atoms with Crippen molar-refractivity contribution in [1.29, 1.82) is 0 Å². The monoisotopic (exact) mass is 458 g/mol. The largest absolute Gasteiger partial charge is 0.342 e. The van der Waals surface area contributed by atoms with Crippen LogP contribution >= 0.6 is 0 Å². The Balaban J connectivity index is 1.53. The number of rotatable bonds is 6. The average molecular weight is 459 g/mol. The third-order valence-corrected chi connectivity index (χ3v) is 7.34. The lowest BCUT2D eigenvalue weighted by Gasteiger charge is -2.35. The fraction of sp³-hybridized carbons (Fsp3) is 0.391. The molecule has 1 fully saturated rings. The number of hydrogen-bond donors (Lipinski definition) is 2. The molecule has 4 rings (SSSR count). The third-order valence-electron chi connectivity index (χ3n) is 5.87. The summed E-state index contributed by atoms with van der Waals surface area (Å²) < 4.78 is 42.1. The van der Waals surface area contributed by atoms with Crippen LogP contribution in [-0.2, 0) is 14.8 Å². The van der Waals surface area contributed by atoms with Gasteiger partial charge in [-0.15, -0.1) is 0 Å². The van der Waals surface area contributed by atoms with Crippen LogP contribution in [0.5, 0.6) is 0 Å². The van der Waals surface area contributed by atoms with Crippen molar-refractivity contribution in [1.82, 2.24) is 19.6 Å². The molecule has 1 amide bonds. The van der Waals surface area contributed by atoms with Crippen LogP contribution in [0.2, 0.25) is 0 Å². The standard InChI is InChI=1S/C23H27FN4O3S/c1-15(2)21(27-32(30,31)20-12-6-3-9-17(20)24)23(29)28-13-7-8-16(14-28)22-25-18-10-4-5-11-19(18)26-22/h3-6,9-12,15-16,21,27H,7-8,13-14H2,1-2H3,(H,25,26)/t16?,21-/m0/s1. The molecule has 2 heterocycles. The van der Waals surface area contributed by atoms with E-state index in [1.807, 2.05) is 24.3 Å². The molecule has 32 heavy (non-hydrogen) atoms. The summed E-state index contributed by atoms with van der Waals surface area (Å²) in [4.78, 5) is 22.6. The number of carbonyl (C=O) groups is 1. The van der Waals surface area contributed by atoms with Crippen LogP contribution in [0.3, 0.4) is 0 Å². The minimum absolute atomic E-state index is 0.0380. The zero-order chi connectivity index (χ0) is 22.9. The maximum Gasteiger partial charge on any atom is 0.244 e. The van der Waals surface area contributed by atoms with Gasteiger partial charge >= 0.3 is 0 Å². The summed E-state index contributed by atoms with van der Waals surface area (Å²) in [6.07, 6.45) is 1.68. The second kappa shape index (κ2) is 8.99. The first-order valence-corrected chi connectivity index (χ1v) is 12.2. The number of piperidine rings is 1. The molecule has 0 saturated carbocycles. The average Bonchev–Trinajstić information content (AvgIpc) is 3.21. The van der Waals surface area contributed by atoms with Crippen LogP contribution in [0.1, 0.15) is 38.4 Å². The Morgan fingerprint density at radius 3 is 2.62 bits per heavy atom. The minimum Gasteiger partial charge on any atom is -0.342 e. The van der Waals surface area contributed by atoms with Gasteiger partial charge < -0.3 is 9.88 Å². The van der Waals surface area contributed by atoms with Gasteiger partial charge in [-0.1, -0.05) is 38.1 Å². The van der Waals surface area contributed by atoms with Gasteiger partial charge in [-0.3, -0.25) is 4.79 Å². The van der Waals surface area contributed by atoms with Crippen molar-refractivity contribution >= 4 is 27.0 Å². The van der Waals surface area contributed by atoms with Crippen LogP contribution in [0, 0.1) is 11.7 Å². The molecule has 1 unspecified atom stereocenters. The molecule has 3 aromatic rings. The van der Waals surface area contributed by atoms with Crippen LogP contribution in [0.15, 0.2) is 53.4 Å². The number of para-hydroxylation sites is 2. The van der Waals surface area contributed by atoms with Gasteiger partial charge in [-0.2, -0.15) is 4.72 Å². The smallest absolute Gasteiger partial charge is 0.244 e. The lowest BCUT2D eigenvalue weighted by Crippen LogP contribution is -2.53. The number of benzene rings is 2. The first kappa shape index (κ1) is 22.4. The Morgan fingerprint density at radius 1 is 1.19 bits per heavy atom. The second-order valence-corrected chi connectivity index (χ2v) is 10.2. The number of H-pyrrole nitrogens is 1. The topological polar surface area (TPSA) is 95.2 Å². The molecule has 1 aliphatic rings. The molecule has 9 heteroatoms. The summed E-state index contributed by atoms with van der Waals surface area (Å²) in [6, 6.07) is 11.9. The Bertz CT molecular complexity index is 1190. The van der Waals surface area contributed by atoms with Crippen LogP contribution < -0.4 is 4.72 Å². The van der Waals surface area contributed by atoms with Gasteiger partial charge in [0.05, 0.1) is 11.0 Å². The zero-order valence-corrected chi connectivity index (χ0v) is 18.9. The first-order chi connectivity index (χ1) is 15.3. The van der Waals surface area contributed by atoms with E-state index in [1.54, 1.807) is 18.7 Å². The van der Waals surface area contributed by atoms with Crippen molar-refractivity contribution in [3.05, 3.63) is 60.2 Å². The van der Waals surface area contributed by atoms with Crippen molar-refractivity contribution in [2.75, 3.05) is 13.1 Å². The van der Waals surface area contributed by atoms with Crippen molar-refractivity contribution in [3.63, 3.8) is 0 Å². The summed E-state index contributed by atoms with van der Waals surface area (Å²) in [5.74, 6) is -0.595. The number of hydrogen-bond acceptors (Lipinski definition) is 4.